The van der Waals surface area contributed by atoms with Gasteiger partial charge < -0.3 is 15.4 Å². The Morgan fingerprint density at radius 2 is 1.84 bits per heavy atom. The summed E-state index contributed by atoms with van der Waals surface area (Å²) < 4.78 is 31.3. The summed E-state index contributed by atoms with van der Waals surface area (Å²) in [4.78, 5) is 4.23. The van der Waals surface area contributed by atoms with Gasteiger partial charge in [-0.2, -0.15) is 10.1 Å². The molecule has 0 aliphatic rings. The number of methoxy groups -OCH3 is 1. The lowest BCUT2D eigenvalue weighted by Crippen LogP contribution is -2.06. The number of aromatic nitrogens is 3. The van der Waals surface area contributed by atoms with Crippen LogP contribution in [0.3, 0.4) is 0 Å². The van der Waals surface area contributed by atoms with Crippen molar-refractivity contribution in [3.8, 4) is 5.75 Å². The second kappa shape index (κ2) is 7.52. The number of halogens is 2. The molecule has 6 nitrogen and oxygen atoms in total. The highest BCUT2D eigenvalue weighted by Gasteiger charge is 2.05. The van der Waals surface area contributed by atoms with Crippen LogP contribution in [-0.2, 0) is 6.54 Å². The summed E-state index contributed by atoms with van der Waals surface area (Å²) in [6.45, 7) is 0.535. The van der Waals surface area contributed by atoms with E-state index < -0.39 is 11.6 Å². The van der Waals surface area contributed by atoms with E-state index >= 15 is 0 Å². The van der Waals surface area contributed by atoms with E-state index in [0.717, 1.165) is 23.4 Å². The maximum Gasteiger partial charge on any atom is 0.249 e. The Bertz CT molecular complexity index is 858. The topological polar surface area (TPSA) is 72.0 Å². The van der Waals surface area contributed by atoms with E-state index in [4.69, 9.17) is 4.74 Å². The van der Waals surface area contributed by atoms with Crippen LogP contribution in [0.4, 0.5) is 26.2 Å². The fourth-order valence-corrected chi connectivity index (χ4v) is 2.08. The van der Waals surface area contributed by atoms with Crippen LogP contribution in [0.1, 0.15) is 5.56 Å². The van der Waals surface area contributed by atoms with Crippen LogP contribution in [0.5, 0.6) is 5.75 Å². The third kappa shape index (κ3) is 4.37. The second-order valence-electron chi connectivity index (χ2n) is 5.12. The molecule has 2 N–H and O–H groups in total. The largest absolute Gasteiger partial charge is 0.497 e. The standard InChI is InChI=1S/C17H15F2N5O/c1-25-13-5-2-11(3-6-13)9-20-16-10-21-24-17(23-16)22-12-4-7-14(18)15(19)8-12/h2-8,10H,9H2,1H3,(H2,20,22,23,24). The number of benzene rings is 2. The smallest absolute Gasteiger partial charge is 0.249 e. The van der Waals surface area contributed by atoms with Gasteiger partial charge in [-0.25, -0.2) is 8.78 Å². The predicted molar refractivity (Wildman–Crippen MR) is 89.8 cm³/mol. The Morgan fingerprint density at radius 3 is 2.56 bits per heavy atom. The molecule has 128 valence electrons. The first-order valence-corrected chi connectivity index (χ1v) is 7.42. The van der Waals surface area contributed by atoms with Crippen molar-refractivity contribution in [3.05, 3.63) is 65.9 Å². The van der Waals surface area contributed by atoms with Crippen LogP contribution in [0.2, 0.25) is 0 Å². The Labute approximate surface area is 142 Å². The van der Waals surface area contributed by atoms with E-state index in [1.807, 2.05) is 24.3 Å². The molecule has 0 saturated carbocycles. The molecule has 25 heavy (non-hydrogen) atoms. The molecule has 1 aromatic heterocycles. The van der Waals surface area contributed by atoms with Crippen molar-refractivity contribution in [2.75, 3.05) is 17.7 Å². The zero-order valence-corrected chi connectivity index (χ0v) is 13.3. The number of nitrogens with zero attached hydrogens (tertiary/aromatic N) is 3. The minimum absolute atomic E-state index is 0.172. The molecule has 0 aliphatic heterocycles. The Kier molecular flexibility index (Phi) is 4.98. The number of nitrogens with one attached hydrogen (secondary N) is 2. The van der Waals surface area contributed by atoms with Gasteiger partial charge in [-0.05, 0) is 29.8 Å². The van der Waals surface area contributed by atoms with Gasteiger partial charge in [0, 0.05) is 18.3 Å². The van der Waals surface area contributed by atoms with Crippen LogP contribution in [0.15, 0.2) is 48.7 Å². The van der Waals surface area contributed by atoms with Crippen molar-refractivity contribution >= 4 is 17.5 Å². The maximum atomic E-state index is 13.2. The normalized spacial score (nSPS) is 10.4. The highest BCUT2D eigenvalue weighted by Crippen LogP contribution is 2.17. The molecule has 3 aromatic rings. The number of hydrogen-bond donors (Lipinski definition) is 2. The van der Waals surface area contributed by atoms with E-state index in [1.54, 1.807) is 7.11 Å². The van der Waals surface area contributed by atoms with Crippen molar-refractivity contribution in [2.45, 2.75) is 6.54 Å². The molecular weight excluding hydrogens is 328 g/mol. The second-order valence-corrected chi connectivity index (χ2v) is 5.12. The average molecular weight is 343 g/mol. The van der Waals surface area contributed by atoms with Gasteiger partial charge in [-0.15, -0.1) is 5.10 Å². The third-order valence-corrected chi connectivity index (χ3v) is 3.37. The molecule has 0 atom stereocenters. The zero-order chi connectivity index (χ0) is 17.6. The first-order valence-electron chi connectivity index (χ1n) is 7.42. The lowest BCUT2D eigenvalue weighted by molar-refractivity contribution is 0.414. The summed E-state index contributed by atoms with van der Waals surface area (Å²) in [6, 6.07) is 11.0. The molecule has 2 aromatic carbocycles. The maximum absolute atomic E-state index is 13.2. The molecular formula is C17H15F2N5O. The van der Waals surface area contributed by atoms with Gasteiger partial charge in [-0.3, -0.25) is 0 Å². The molecule has 0 saturated heterocycles. The summed E-state index contributed by atoms with van der Waals surface area (Å²) in [5.41, 5.74) is 1.36. The minimum Gasteiger partial charge on any atom is -0.497 e. The van der Waals surface area contributed by atoms with Crippen molar-refractivity contribution in [1.29, 1.82) is 0 Å². The van der Waals surface area contributed by atoms with Gasteiger partial charge in [0.25, 0.3) is 0 Å². The van der Waals surface area contributed by atoms with Crippen molar-refractivity contribution in [3.63, 3.8) is 0 Å². The van der Waals surface area contributed by atoms with Crippen LogP contribution < -0.4 is 15.4 Å². The highest BCUT2D eigenvalue weighted by atomic mass is 19.2. The van der Waals surface area contributed by atoms with Crippen molar-refractivity contribution < 1.29 is 13.5 Å². The Balaban J connectivity index is 1.65. The molecule has 0 fully saturated rings. The molecule has 0 unspecified atom stereocenters. The van der Waals surface area contributed by atoms with Gasteiger partial charge in [0.1, 0.15) is 5.75 Å². The number of rotatable bonds is 6. The summed E-state index contributed by atoms with van der Waals surface area (Å²) >= 11 is 0. The summed E-state index contributed by atoms with van der Waals surface area (Å²) in [5, 5.41) is 13.5. The van der Waals surface area contributed by atoms with E-state index in [2.05, 4.69) is 25.8 Å². The van der Waals surface area contributed by atoms with Gasteiger partial charge >= 0.3 is 0 Å². The van der Waals surface area contributed by atoms with Gasteiger partial charge in [0.05, 0.1) is 13.3 Å². The van der Waals surface area contributed by atoms with Crippen LogP contribution in [0, 0.1) is 11.6 Å². The predicted octanol–water partition coefficient (Wildman–Crippen LogP) is 3.51. The van der Waals surface area contributed by atoms with Gasteiger partial charge in [0.15, 0.2) is 17.5 Å². The van der Waals surface area contributed by atoms with E-state index in [9.17, 15) is 8.78 Å². The molecule has 8 heteroatoms. The number of hydrogen-bond acceptors (Lipinski definition) is 6. The monoisotopic (exact) mass is 343 g/mol. The summed E-state index contributed by atoms with van der Waals surface area (Å²) in [7, 11) is 1.61. The van der Waals surface area contributed by atoms with Crippen molar-refractivity contribution in [1.82, 2.24) is 15.2 Å². The van der Waals surface area contributed by atoms with Gasteiger partial charge in [0.2, 0.25) is 5.95 Å². The quantitative estimate of drug-likeness (QED) is 0.714. The lowest BCUT2D eigenvalue weighted by atomic mass is 10.2. The fraction of sp³-hybridized carbons (Fsp3) is 0.118. The average Bonchev–Trinajstić information content (AvgIpc) is 2.64. The Morgan fingerprint density at radius 1 is 1.04 bits per heavy atom. The first-order chi connectivity index (χ1) is 12.1. The van der Waals surface area contributed by atoms with Crippen LogP contribution >= 0.6 is 0 Å². The summed E-state index contributed by atoms with van der Waals surface area (Å²) in [5.74, 6) is -0.418. The first kappa shape index (κ1) is 16.6. The van der Waals surface area contributed by atoms with E-state index in [0.29, 0.717) is 18.1 Å². The van der Waals surface area contributed by atoms with Crippen LogP contribution in [0.25, 0.3) is 0 Å². The molecule has 3 rings (SSSR count). The third-order valence-electron chi connectivity index (χ3n) is 3.37. The number of ether oxygens (including phenoxy) is 1. The van der Waals surface area contributed by atoms with E-state index in [-0.39, 0.29) is 5.95 Å². The molecule has 0 bridgehead atoms. The summed E-state index contributed by atoms with van der Waals surface area (Å²) in [6.07, 6.45) is 1.47. The van der Waals surface area contributed by atoms with Gasteiger partial charge in [-0.1, -0.05) is 12.1 Å². The molecule has 0 radical (unpaired) electrons. The molecule has 0 spiro atoms. The molecule has 0 amide bonds. The van der Waals surface area contributed by atoms with E-state index in [1.165, 1.54) is 12.3 Å². The lowest BCUT2D eigenvalue weighted by Gasteiger charge is -2.08. The van der Waals surface area contributed by atoms with Crippen LogP contribution in [-0.4, -0.2) is 22.3 Å². The SMILES string of the molecule is COc1ccc(CNc2cnnc(Nc3ccc(F)c(F)c3)n2)cc1. The number of anilines is 3. The molecule has 1 heterocycles. The van der Waals surface area contributed by atoms with Crippen molar-refractivity contribution in [2.24, 2.45) is 0 Å². The Hall–Kier alpha value is -3.29. The zero-order valence-electron chi connectivity index (χ0n) is 13.3. The highest BCUT2D eigenvalue weighted by molar-refractivity contribution is 5.54. The molecule has 0 aliphatic carbocycles. The fourth-order valence-electron chi connectivity index (χ4n) is 2.08. The minimum atomic E-state index is -0.952.